The molecule has 100 valence electrons. The number of nitrogens with zero attached hydrogens (tertiary/aromatic N) is 2. The van der Waals surface area contributed by atoms with Crippen LogP contribution < -0.4 is 0 Å². The Labute approximate surface area is 128 Å². The molecule has 20 heavy (non-hydrogen) atoms. The largest absolute Gasteiger partial charge is 0.493 e. The van der Waals surface area contributed by atoms with Crippen LogP contribution in [0.5, 0.6) is 5.88 Å². The zero-order valence-electron chi connectivity index (χ0n) is 10.1. The van der Waals surface area contributed by atoms with Crippen LogP contribution in [0.1, 0.15) is 0 Å². The Morgan fingerprint density at radius 3 is 2.55 bits per heavy atom. The van der Waals surface area contributed by atoms with Gasteiger partial charge in [-0.15, -0.1) is 5.11 Å². The van der Waals surface area contributed by atoms with Gasteiger partial charge in [0.25, 0.3) is 0 Å². The maximum Gasteiger partial charge on any atom is 0.218 e. The summed E-state index contributed by atoms with van der Waals surface area (Å²) in [5, 5.41) is 19.6. The topological polar surface area (TPSA) is 60.7 Å². The molecule has 0 bridgehead atoms. The third-order valence-corrected chi connectivity index (χ3v) is 3.55. The van der Waals surface area contributed by atoms with Gasteiger partial charge >= 0.3 is 0 Å². The highest BCUT2D eigenvalue weighted by molar-refractivity contribution is 9.10. The molecule has 0 saturated heterocycles. The molecule has 0 radical (unpaired) electrons. The van der Waals surface area contributed by atoms with Crippen LogP contribution in [0.25, 0.3) is 10.9 Å². The lowest BCUT2D eigenvalue weighted by Gasteiger charge is -1.94. The minimum absolute atomic E-state index is 0.00388. The van der Waals surface area contributed by atoms with Gasteiger partial charge in [0.2, 0.25) is 5.88 Å². The molecule has 1 aromatic heterocycles. The Kier molecular flexibility index (Phi) is 3.46. The minimum Gasteiger partial charge on any atom is -0.493 e. The minimum atomic E-state index is -0.00388. The average molecular weight is 351 g/mol. The van der Waals surface area contributed by atoms with Crippen LogP contribution in [0.4, 0.5) is 11.4 Å². The van der Waals surface area contributed by atoms with Crippen LogP contribution in [-0.4, -0.2) is 10.1 Å². The Hall–Kier alpha value is -1.85. The van der Waals surface area contributed by atoms with E-state index in [-0.39, 0.29) is 5.88 Å². The van der Waals surface area contributed by atoms with Gasteiger partial charge in [-0.2, -0.15) is 5.11 Å². The summed E-state index contributed by atoms with van der Waals surface area (Å²) in [7, 11) is 0. The number of halogens is 2. The van der Waals surface area contributed by atoms with Crippen molar-refractivity contribution < 1.29 is 5.11 Å². The molecule has 0 spiro atoms. The predicted molar refractivity (Wildman–Crippen MR) is 83.3 cm³/mol. The van der Waals surface area contributed by atoms with Crippen molar-refractivity contribution in [3.8, 4) is 5.88 Å². The zero-order chi connectivity index (χ0) is 14.1. The van der Waals surface area contributed by atoms with Gasteiger partial charge < -0.3 is 10.1 Å². The van der Waals surface area contributed by atoms with Gasteiger partial charge in [0.1, 0.15) is 0 Å². The average Bonchev–Trinajstić information content (AvgIpc) is 2.73. The smallest absolute Gasteiger partial charge is 0.218 e. The van der Waals surface area contributed by atoms with Crippen LogP contribution in [0.15, 0.2) is 57.2 Å². The predicted octanol–water partition coefficient (Wildman–Crippen LogP) is 5.70. The summed E-state index contributed by atoms with van der Waals surface area (Å²) in [5.41, 5.74) is 1.88. The SMILES string of the molecule is Oc1[nH]c2ccc(Br)cc2c1N=Nc1ccc(Cl)cc1. The molecule has 0 unspecified atom stereocenters. The molecule has 0 saturated carbocycles. The molecule has 3 aromatic rings. The molecule has 0 aliphatic heterocycles. The van der Waals surface area contributed by atoms with Gasteiger partial charge in [-0.05, 0) is 42.5 Å². The van der Waals surface area contributed by atoms with Crippen LogP contribution in [0, 0.1) is 0 Å². The van der Waals surface area contributed by atoms with Crippen LogP contribution in [0.2, 0.25) is 5.02 Å². The maximum atomic E-state index is 9.90. The maximum absolute atomic E-state index is 9.90. The molecule has 6 heteroatoms. The second-order valence-corrected chi connectivity index (χ2v) is 5.54. The summed E-state index contributed by atoms with van der Waals surface area (Å²) in [5.74, 6) is -0.00388. The number of aromatic nitrogens is 1. The van der Waals surface area contributed by atoms with E-state index < -0.39 is 0 Å². The summed E-state index contributed by atoms with van der Waals surface area (Å²) in [4.78, 5) is 2.86. The monoisotopic (exact) mass is 349 g/mol. The molecule has 1 heterocycles. The normalized spacial score (nSPS) is 11.5. The van der Waals surface area contributed by atoms with Crippen LogP contribution in [0.3, 0.4) is 0 Å². The van der Waals surface area contributed by atoms with Crippen LogP contribution >= 0.6 is 27.5 Å². The van der Waals surface area contributed by atoms with E-state index in [1.165, 1.54) is 0 Å². The molecule has 2 N–H and O–H groups in total. The summed E-state index contributed by atoms with van der Waals surface area (Å²) < 4.78 is 0.909. The van der Waals surface area contributed by atoms with E-state index >= 15 is 0 Å². The molecule has 0 aliphatic rings. The zero-order valence-corrected chi connectivity index (χ0v) is 12.5. The Bertz CT molecular complexity index is 796. The fourth-order valence-electron chi connectivity index (χ4n) is 1.85. The van der Waals surface area contributed by atoms with E-state index in [9.17, 15) is 5.11 Å². The standard InChI is InChI=1S/C14H9BrClN3O/c15-8-1-6-12-11(7-8)13(14(20)17-12)19-18-10-4-2-9(16)3-5-10/h1-7,17,20H. The highest BCUT2D eigenvalue weighted by Crippen LogP contribution is 2.37. The number of nitrogens with one attached hydrogen (secondary N) is 1. The quantitative estimate of drug-likeness (QED) is 0.572. The first kappa shape index (κ1) is 13.1. The Balaban J connectivity index is 2.03. The van der Waals surface area contributed by atoms with Crippen molar-refractivity contribution in [2.45, 2.75) is 0 Å². The molecule has 0 amide bonds. The number of fused-ring (bicyclic) bond motifs is 1. The van der Waals surface area contributed by atoms with Crippen molar-refractivity contribution in [1.29, 1.82) is 0 Å². The summed E-state index contributed by atoms with van der Waals surface area (Å²) in [6, 6.07) is 12.6. The van der Waals surface area contributed by atoms with E-state index in [0.29, 0.717) is 16.4 Å². The van der Waals surface area contributed by atoms with E-state index in [1.54, 1.807) is 24.3 Å². The summed E-state index contributed by atoms with van der Waals surface area (Å²) in [6.07, 6.45) is 0. The lowest BCUT2D eigenvalue weighted by molar-refractivity contribution is 0.459. The van der Waals surface area contributed by atoms with E-state index in [0.717, 1.165) is 15.4 Å². The molecule has 4 nitrogen and oxygen atoms in total. The van der Waals surface area contributed by atoms with Crippen molar-refractivity contribution in [1.82, 2.24) is 4.98 Å². The number of H-pyrrole nitrogens is 1. The van der Waals surface area contributed by atoms with Crippen molar-refractivity contribution in [3.63, 3.8) is 0 Å². The number of hydrogen-bond acceptors (Lipinski definition) is 3. The fourth-order valence-corrected chi connectivity index (χ4v) is 2.34. The second-order valence-electron chi connectivity index (χ2n) is 4.19. The van der Waals surface area contributed by atoms with E-state index in [2.05, 4.69) is 31.1 Å². The Morgan fingerprint density at radius 2 is 1.80 bits per heavy atom. The lowest BCUT2D eigenvalue weighted by Crippen LogP contribution is -1.67. The Morgan fingerprint density at radius 1 is 1.05 bits per heavy atom. The lowest BCUT2D eigenvalue weighted by atomic mass is 10.2. The first-order chi connectivity index (χ1) is 9.63. The van der Waals surface area contributed by atoms with E-state index in [4.69, 9.17) is 11.6 Å². The van der Waals surface area contributed by atoms with Crippen LogP contribution in [-0.2, 0) is 0 Å². The van der Waals surface area contributed by atoms with Gasteiger partial charge in [0, 0.05) is 14.9 Å². The van der Waals surface area contributed by atoms with Crippen molar-refractivity contribution in [2.24, 2.45) is 10.2 Å². The van der Waals surface area contributed by atoms with Crippen molar-refractivity contribution >= 4 is 49.8 Å². The number of aromatic hydroxyl groups is 1. The summed E-state index contributed by atoms with van der Waals surface area (Å²) >= 11 is 9.21. The third-order valence-electron chi connectivity index (χ3n) is 2.81. The van der Waals surface area contributed by atoms with Gasteiger partial charge in [-0.25, -0.2) is 0 Å². The van der Waals surface area contributed by atoms with Gasteiger partial charge in [0.15, 0.2) is 5.69 Å². The highest BCUT2D eigenvalue weighted by atomic mass is 79.9. The van der Waals surface area contributed by atoms with Crippen molar-refractivity contribution in [3.05, 3.63) is 52.0 Å². The first-order valence-electron chi connectivity index (χ1n) is 5.81. The first-order valence-corrected chi connectivity index (χ1v) is 6.98. The number of benzene rings is 2. The number of aromatic amines is 1. The molecule has 2 aromatic carbocycles. The van der Waals surface area contributed by atoms with Gasteiger partial charge in [0.05, 0.1) is 11.2 Å². The van der Waals surface area contributed by atoms with E-state index in [1.807, 2.05) is 18.2 Å². The van der Waals surface area contributed by atoms with Gasteiger partial charge in [-0.3, -0.25) is 0 Å². The number of rotatable bonds is 2. The molecule has 0 aliphatic carbocycles. The molecule has 3 rings (SSSR count). The summed E-state index contributed by atoms with van der Waals surface area (Å²) in [6.45, 7) is 0. The molecular weight excluding hydrogens is 342 g/mol. The fraction of sp³-hybridized carbons (Fsp3) is 0. The number of azo groups is 1. The number of hydrogen-bond donors (Lipinski definition) is 2. The molecule has 0 fully saturated rings. The molecule has 0 atom stereocenters. The molecular formula is C14H9BrClN3O. The highest BCUT2D eigenvalue weighted by Gasteiger charge is 2.10. The van der Waals surface area contributed by atoms with Crippen molar-refractivity contribution in [2.75, 3.05) is 0 Å². The van der Waals surface area contributed by atoms with Gasteiger partial charge in [-0.1, -0.05) is 27.5 Å². The second kappa shape index (κ2) is 5.26. The third kappa shape index (κ3) is 2.55.